The molecule has 1 aliphatic rings. The predicted molar refractivity (Wildman–Crippen MR) is 76.7 cm³/mol. The Morgan fingerprint density at radius 2 is 2.25 bits per heavy atom. The van der Waals surface area contributed by atoms with Crippen LogP contribution in [-0.2, 0) is 21.2 Å². The van der Waals surface area contributed by atoms with Gasteiger partial charge in [-0.3, -0.25) is 9.78 Å². The molecule has 6 heteroatoms. The van der Waals surface area contributed by atoms with Crippen LogP contribution in [0.3, 0.4) is 0 Å². The Labute approximate surface area is 120 Å². The van der Waals surface area contributed by atoms with Gasteiger partial charge in [0.1, 0.15) is 5.78 Å². The molecule has 0 N–H and O–H groups in total. The lowest BCUT2D eigenvalue weighted by Crippen LogP contribution is -2.39. The summed E-state index contributed by atoms with van der Waals surface area (Å²) in [5.74, 6) is 0.263. The van der Waals surface area contributed by atoms with Crippen LogP contribution in [0.2, 0.25) is 0 Å². The summed E-state index contributed by atoms with van der Waals surface area (Å²) in [5, 5.41) is 0. The van der Waals surface area contributed by atoms with E-state index in [0.29, 0.717) is 25.9 Å². The Kier molecular flexibility index (Phi) is 4.88. The number of pyridine rings is 1. The summed E-state index contributed by atoms with van der Waals surface area (Å²) in [4.78, 5) is 16.2. The van der Waals surface area contributed by atoms with Crippen molar-refractivity contribution < 1.29 is 13.2 Å². The number of ketones is 1. The second kappa shape index (κ2) is 6.45. The first-order valence-corrected chi connectivity index (χ1v) is 8.66. The second-order valence-electron chi connectivity index (χ2n) is 5.37. The van der Waals surface area contributed by atoms with E-state index < -0.39 is 10.0 Å². The number of Topliss-reactive ketones (excluding diaryl/α,β-unsaturated/α-hetero) is 1. The van der Waals surface area contributed by atoms with Gasteiger partial charge in [0.15, 0.2) is 0 Å². The molecule has 1 unspecified atom stereocenters. The maximum atomic E-state index is 12.0. The lowest BCUT2D eigenvalue weighted by atomic mass is 9.93. The van der Waals surface area contributed by atoms with E-state index in [0.717, 1.165) is 18.5 Å². The number of carbonyl (C=O) groups is 1. The van der Waals surface area contributed by atoms with E-state index in [1.165, 1.54) is 10.6 Å². The van der Waals surface area contributed by atoms with Gasteiger partial charge < -0.3 is 0 Å². The van der Waals surface area contributed by atoms with Crippen molar-refractivity contribution in [1.82, 2.24) is 9.29 Å². The van der Waals surface area contributed by atoms with Gasteiger partial charge in [-0.25, -0.2) is 12.7 Å². The maximum Gasteiger partial charge on any atom is 0.211 e. The molecule has 0 spiro atoms. The molecule has 0 saturated carbocycles. The minimum Gasteiger partial charge on any atom is -0.299 e. The minimum absolute atomic E-state index is 0.129. The van der Waals surface area contributed by atoms with Crippen LogP contribution in [0.5, 0.6) is 0 Å². The fourth-order valence-electron chi connectivity index (χ4n) is 2.59. The van der Waals surface area contributed by atoms with Crippen LogP contribution in [0.15, 0.2) is 24.4 Å². The lowest BCUT2D eigenvalue weighted by molar-refractivity contribution is -0.119. The molecule has 1 fully saturated rings. The van der Waals surface area contributed by atoms with Crippen LogP contribution >= 0.6 is 0 Å². The van der Waals surface area contributed by atoms with Gasteiger partial charge in [-0.1, -0.05) is 6.07 Å². The second-order valence-corrected chi connectivity index (χ2v) is 7.35. The third-order valence-electron chi connectivity index (χ3n) is 3.57. The zero-order valence-corrected chi connectivity index (χ0v) is 12.5. The highest BCUT2D eigenvalue weighted by Crippen LogP contribution is 2.22. The number of nitrogens with zero attached hydrogens (tertiary/aromatic N) is 2. The van der Waals surface area contributed by atoms with E-state index in [4.69, 9.17) is 0 Å². The largest absolute Gasteiger partial charge is 0.299 e. The fraction of sp³-hybridized carbons (Fsp3) is 0.571. The number of rotatable bonds is 5. The maximum absolute atomic E-state index is 12.0. The molecule has 1 aliphatic heterocycles. The van der Waals surface area contributed by atoms with Gasteiger partial charge in [-0.2, -0.15) is 0 Å². The first-order chi connectivity index (χ1) is 9.45. The molecular formula is C14H20N2O3S. The molecule has 0 aliphatic carbocycles. The highest BCUT2D eigenvalue weighted by atomic mass is 32.2. The van der Waals surface area contributed by atoms with Crippen LogP contribution in [0.25, 0.3) is 0 Å². The fourth-order valence-corrected chi connectivity index (χ4v) is 3.54. The van der Waals surface area contributed by atoms with Crippen molar-refractivity contribution >= 4 is 15.8 Å². The van der Waals surface area contributed by atoms with Gasteiger partial charge in [-0.15, -0.1) is 0 Å². The van der Waals surface area contributed by atoms with E-state index in [1.54, 1.807) is 6.20 Å². The van der Waals surface area contributed by atoms with E-state index in [-0.39, 0.29) is 11.7 Å². The zero-order valence-electron chi connectivity index (χ0n) is 11.7. The van der Waals surface area contributed by atoms with Gasteiger partial charge in [0.2, 0.25) is 10.0 Å². The highest BCUT2D eigenvalue weighted by molar-refractivity contribution is 7.88. The number of hydrogen-bond acceptors (Lipinski definition) is 4. The number of carbonyl (C=O) groups excluding carboxylic acids is 1. The summed E-state index contributed by atoms with van der Waals surface area (Å²) in [7, 11) is -3.14. The van der Waals surface area contributed by atoms with Crippen molar-refractivity contribution in [2.75, 3.05) is 19.3 Å². The average molecular weight is 296 g/mol. The van der Waals surface area contributed by atoms with Crippen molar-refractivity contribution in [3.63, 3.8) is 0 Å². The Balaban J connectivity index is 1.88. The van der Waals surface area contributed by atoms with Crippen molar-refractivity contribution in [2.45, 2.75) is 25.7 Å². The monoisotopic (exact) mass is 296 g/mol. The van der Waals surface area contributed by atoms with E-state index >= 15 is 0 Å². The van der Waals surface area contributed by atoms with E-state index in [1.807, 2.05) is 18.2 Å². The number of hydrogen-bond donors (Lipinski definition) is 0. The third-order valence-corrected chi connectivity index (χ3v) is 4.84. The topological polar surface area (TPSA) is 67.3 Å². The zero-order chi connectivity index (χ0) is 14.6. The van der Waals surface area contributed by atoms with Crippen molar-refractivity contribution in [3.8, 4) is 0 Å². The molecule has 1 atom stereocenters. The normalized spacial score (nSPS) is 20.8. The van der Waals surface area contributed by atoms with Crippen molar-refractivity contribution in [3.05, 3.63) is 30.1 Å². The van der Waals surface area contributed by atoms with Crippen molar-refractivity contribution in [2.24, 2.45) is 5.92 Å². The Bertz CT molecular complexity index is 557. The molecule has 20 heavy (non-hydrogen) atoms. The van der Waals surface area contributed by atoms with Crippen LogP contribution in [0.1, 0.15) is 25.0 Å². The summed E-state index contributed by atoms with van der Waals surface area (Å²) in [6.07, 6.45) is 5.41. The molecule has 0 radical (unpaired) electrons. The minimum atomic E-state index is -3.14. The summed E-state index contributed by atoms with van der Waals surface area (Å²) in [6, 6.07) is 5.52. The average Bonchev–Trinajstić information content (AvgIpc) is 2.39. The summed E-state index contributed by atoms with van der Waals surface area (Å²) in [6.45, 7) is 1.04. The quantitative estimate of drug-likeness (QED) is 0.820. The van der Waals surface area contributed by atoms with Gasteiger partial charge in [0, 0.05) is 37.8 Å². The van der Waals surface area contributed by atoms with Crippen molar-refractivity contribution in [1.29, 1.82) is 0 Å². The molecule has 1 aromatic rings. The molecule has 2 rings (SSSR count). The Hall–Kier alpha value is -1.27. The van der Waals surface area contributed by atoms with E-state index in [9.17, 15) is 13.2 Å². The first kappa shape index (κ1) is 15.1. The number of piperidine rings is 1. The summed E-state index contributed by atoms with van der Waals surface area (Å²) in [5.41, 5.74) is 0.772. The summed E-state index contributed by atoms with van der Waals surface area (Å²) >= 11 is 0. The van der Waals surface area contributed by atoms with E-state index in [2.05, 4.69) is 4.98 Å². The molecule has 1 saturated heterocycles. The molecule has 5 nitrogen and oxygen atoms in total. The Morgan fingerprint density at radius 3 is 2.90 bits per heavy atom. The van der Waals surface area contributed by atoms with Gasteiger partial charge >= 0.3 is 0 Å². The van der Waals surface area contributed by atoms with Gasteiger partial charge in [-0.05, 0) is 30.9 Å². The van der Waals surface area contributed by atoms with Crippen LogP contribution in [-0.4, -0.2) is 42.8 Å². The SMILES string of the molecule is CS(=O)(=O)N1CCCC(CC(=O)Cc2ccccn2)C1. The Morgan fingerprint density at radius 1 is 1.45 bits per heavy atom. The van der Waals surface area contributed by atoms with Gasteiger partial charge in [0.05, 0.1) is 6.26 Å². The molecule has 110 valence electrons. The standard InChI is InChI=1S/C14H20N2O3S/c1-20(18,19)16-8-4-5-12(11-16)9-14(17)10-13-6-2-3-7-15-13/h2-3,6-7,12H,4-5,8-11H2,1H3. The molecule has 0 amide bonds. The van der Waals surface area contributed by atoms with Crippen LogP contribution < -0.4 is 0 Å². The predicted octanol–water partition coefficient (Wildman–Crippen LogP) is 1.25. The molecule has 2 heterocycles. The number of sulfonamides is 1. The lowest BCUT2D eigenvalue weighted by Gasteiger charge is -2.30. The molecule has 1 aromatic heterocycles. The van der Waals surface area contributed by atoms with Gasteiger partial charge in [0.25, 0.3) is 0 Å². The first-order valence-electron chi connectivity index (χ1n) is 6.82. The summed E-state index contributed by atoms with van der Waals surface area (Å²) < 4.78 is 24.6. The molecular weight excluding hydrogens is 276 g/mol. The smallest absolute Gasteiger partial charge is 0.211 e. The molecule has 0 aromatic carbocycles. The number of aromatic nitrogens is 1. The highest BCUT2D eigenvalue weighted by Gasteiger charge is 2.27. The molecule has 0 bridgehead atoms. The third kappa shape index (κ3) is 4.38. The van der Waals surface area contributed by atoms with Crippen LogP contribution in [0, 0.1) is 5.92 Å². The van der Waals surface area contributed by atoms with Crippen LogP contribution in [0.4, 0.5) is 0 Å².